The quantitative estimate of drug-likeness (QED) is 0.0850. The third kappa shape index (κ3) is 11.9. The SMILES string of the molecule is O=C(CCCCCCC(=O)N[C@@H](CCC(=O)ON1C(=O)CCC1O)C(=O)O)N=C(CCC(=O)ON1C(=O)CCC1=O)C(=O)O. The summed E-state index contributed by atoms with van der Waals surface area (Å²) in [5, 5.41) is 31.3. The molecule has 2 fully saturated rings. The predicted octanol–water partition coefficient (Wildman–Crippen LogP) is -0.485. The number of unbranched alkanes of at least 4 members (excludes halogenated alkanes) is 3. The van der Waals surface area contributed by atoms with Gasteiger partial charge in [-0.2, -0.15) is 0 Å². The van der Waals surface area contributed by atoms with Crippen LogP contribution < -0.4 is 5.32 Å². The summed E-state index contributed by atoms with van der Waals surface area (Å²) in [5.41, 5.74) is -0.592. The first-order valence-electron chi connectivity index (χ1n) is 13.9. The van der Waals surface area contributed by atoms with Gasteiger partial charge in [-0.1, -0.05) is 12.8 Å². The molecule has 18 heteroatoms. The van der Waals surface area contributed by atoms with Gasteiger partial charge in [-0.25, -0.2) is 24.2 Å². The Morgan fingerprint density at radius 2 is 1.41 bits per heavy atom. The number of hydrogen-bond acceptors (Lipinski definition) is 12. The van der Waals surface area contributed by atoms with Crippen LogP contribution in [0.15, 0.2) is 4.99 Å². The van der Waals surface area contributed by atoms with E-state index >= 15 is 0 Å². The first-order valence-corrected chi connectivity index (χ1v) is 13.9. The molecule has 0 aromatic carbocycles. The van der Waals surface area contributed by atoms with Gasteiger partial charge >= 0.3 is 23.9 Å². The van der Waals surface area contributed by atoms with Gasteiger partial charge in [-0.15, -0.1) is 10.1 Å². The number of aliphatic hydroxyl groups excluding tert-OH is 1. The second-order valence-electron chi connectivity index (χ2n) is 9.92. The minimum Gasteiger partial charge on any atom is -0.480 e. The van der Waals surface area contributed by atoms with Crippen LogP contribution in [0.5, 0.6) is 0 Å². The van der Waals surface area contributed by atoms with Crippen LogP contribution in [-0.4, -0.2) is 96.8 Å². The first kappa shape index (κ1) is 35.5. The van der Waals surface area contributed by atoms with Crippen LogP contribution in [0.1, 0.15) is 89.9 Å². The zero-order chi connectivity index (χ0) is 32.8. The van der Waals surface area contributed by atoms with Crippen LogP contribution in [0.4, 0.5) is 0 Å². The van der Waals surface area contributed by atoms with Crippen LogP contribution in [0.25, 0.3) is 0 Å². The lowest BCUT2D eigenvalue weighted by molar-refractivity contribution is -0.220. The molecule has 0 bridgehead atoms. The molecule has 2 atom stereocenters. The van der Waals surface area contributed by atoms with Gasteiger partial charge in [0, 0.05) is 44.9 Å². The van der Waals surface area contributed by atoms with Crippen molar-refractivity contribution in [3.8, 4) is 0 Å². The van der Waals surface area contributed by atoms with E-state index < -0.39 is 90.7 Å². The molecule has 18 nitrogen and oxygen atoms in total. The summed E-state index contributed by atoms with van der Waals surface area (Å²) in [6, 6.07) is -1.39. The molecule has 1 unspecified atom stereocenters. The van der Waals surface area contributed by atoms with E-state index in [0.29, 0.717) is 35.8 Å². The van der Waals surface area contributed by atoms with Crippen molar-refractivity contribution in [3.63, 3.8) is 0 Å². The van der Waals surface area contributed by atoms with Crippen molar-refractivity contribution in [2.45, 2.75) is 102 Å². The minimum atomic E-state index is -1.53. The molecule has 0 saturated carbocycles. The fraction of sp³-hybridized carbons (Fsp3) is 0.615. The Hall–Kier alpha value is -4.74. The fourth-order valence-corrected chi connectivity index (χ4v) is 4.06. The molecule has 4 N–H and O–H groups in total. The van der Waals surface area contributed by atoms with Gasteiger partial charge in [0.25, 0.3) is 17.7 Å². The molecule has 242 valence electrons. The summed E-state index contributed by atoms with van der Waals surface area (Å²) >= 11 is 0. The number of carbonyl (C=O) groups excluding carboxylic acids is 7. The number of aliphatic hydroxyl groups is 1. The van der Waals surface area contributed by atoms with Crippen LogP contribution >= 0.6 is 0 Å². The van der Waals surface area contributed by atoms with Gasteiger partial charge < -0.3 is 30.3 Å². The summed E-state index contributed by atoms with van der Waals surface area (Å²) in [6.07, 6.45) is -1.64. The van der Waals surface area contributed by atoms with Gasteiger partial charge in [-0.3, -0.25) is 24.0 Å². The lowest BCUT2D eigenvalue weighted by Gasteiger charge is -2.19. The molecule has 2 heterocycles. The molecule has 0 aliphatic carbocycles. The molecule has 2 saturated heterocycles. The van der Waals surface area contributed by atoms with Crippen molar-refractivity contribution < 1.29 is 68.1 Å². The smallest absolute Gasteiger partial charge is 0.350 e. The minimum absolute atomic E-state index is 0.00764. The summed E-state index contributed by atoms with van der Waals surface area (Å²) in [6.45, 7) is 0. The van der Waals surface area contributed by atoms with E-state index in [9.17, 15) is 58.5 Å². The molecule has 5 amide bonds. The standard InChI is InChI=1S/C26H34N4O14/c31-17(27-15(25(39)40)7-13-23(37)43-29-19(33)9-10-20(29)34)5-3-1-2-4-6-18(32)28-16(26(41)42)8-14-24(38)44-30-21(35)11-12-22(30)36/h15,19,33H,1-14H2,(H,27,31)(H,39,40)(H,41,42)/t15-,19?/m0/s1. The van der Waals surface area contributed by atoms with E-state index in [1.54, 1.807) is 0 Å². The summed E-state index contributed by atoms with van der Waals surface area (Å²) in [4.78, 5) is 118. The Balaban J connectivity index is 1.64. The fourth-order valence-electron chi connectivity index (χ4n) is 4.06. The number of aliphatic imine (C=N–C) groups is 1. The highest BCUT2D eigenvalue weighted by Gasteiger charge is 2.34. The number of amides is 5. The number of nitrogens with one attached hydrogen (secondary N) is 1. The topological polar surface area (TPSA) is 264 Å². The molecule has 44 heavy (non-hydrogen) atoms. The van der Waals surface area contributed by atoms with E-state index in [4.69, 9.17) is 4.84 Å². The van der Waals surface area contributed by atoms with Crippen LogP contribution in [0.2, 0.25) is 0 Å². The lowest BCUT2D eigenvalue weighted by Crippen LogP contribution is -2.41. The number of carbonyl (C=O) groups is 9. The molecular weight excluding hydrogens is 592 g/mol. The first-order chi connectivity index (χ1) is 20.8. The Labute approximate surface area is 250 Å². The molecule has 0 aromatic heterocycles. The van der Waals surface area contributed by atoms with Crippen molar-refractivity contribution in [1.82, 2.24) is 15.4 Å². The van der Waals surface area contributed by atoms with E-state index in [1.165, 1.54) is 0 Å². The Kier molecular flexibility index (Phi) is 14.0. The van der Waals surface area contributed by atoms with Gasteiger partial charge in [-0.05, 0) is 19.3 Å². The molecular formula is C26H34N4O14. The maximum atomic E-state index is 12.2. The van der Waals surface area contributed by atoms with Crippen molar-refractivity contribution in [1.29, 1.82) is 0 Å². The molecule has 0 radical (unpaired) electrons. The Morgan fingerprint density at radius 3 is 1.98 bits per heavy atom. The number of imide groups is 1. The highest BCUT2D eigenvalue weighted by molar-refractivity contribution is 6.37. The van der Waals surface area contributed by atoms with E-state index in [2.05, 4.69) is 15.1 Å². The number of carboxylic acid groups (broad SMARTS) is 2. The highest BCUT2D eigenvalue weighted by Crippen LogP contribution is 2.18. The summed E-state index contributed by atoms with van der Waals surface area (Å²) < 4.78 is 0. The zero-order valence-corrected chi connectivity index (χ0v) is 23.7. The number of nitrogens with zero attached hydrogens (tertiary/aromatic N) is 3. The number of carboxylic acids is 2. The highest BCUT2D eigenvalue weighted by atomic mass is 16.7. The average Bonchev–Trinajstić information content (AvgIpc) is 3.44. The number of hydroxylamine groups is 4. The second kappa shape index (κ2) is 17.4. The third-order valence-corrected chi connectivity index (χ3v) is 6.42. The van der Waals surface area contributed by atoms with Crippen molar-refractivity contribution in [3.05, 3.63) is 0 Å². The Morgan fingerprint density at radius 1 is 0.795 bits per heavy atom. The van der Waals surface area contributed by atoms with E-state index in [1.807, 2.05) is 0 Å². The van der Waals surface area contributed by atoms with Crippen LogP contribution in [0, 0.1) is 0 Å². The molecule has 2 aliphatic rings. The molecule has 0 aromatic rings. The van der Waals surface area contributed by atoms with Gasteiger partial charge in [0.2, 0.25) is 11.8 Å². The van der Waals surface area contributed by atoms with Crippen LogP contribution in [-0.2, 0) is 52.8 Å². The largest absolute Gasteiger partial charge is 0.480 e. The predicted molar refractivity (Wildman–Crippen MR) is 141 cm³/mol. The summed E-state index contributed by atoms with van der Waals surface area (Å²) in [5.74, 6) is -8.17. The third-order valence-electron chi connectivity index (χ3n) is 6.42. The molecule has 0 spiro atoms. The van der Waals surface area contributed by atoms with E-state index in [-0.39, 0.29) is 44.9 Å². The number of rotatable bonds is 18. The molecule has 2 rings (SSSR count). The van der Waals surface area contributed by atoms with Crippen molar-refractivity contribution >= 4 is 59.1 Å². The molecule has 2 aliphatic heterocycles. The normalized spacial score (nSPS) is 17.4. The zero-order valence-electron chi connectivity index (χ0n) is 23.7. The maximum absolute atomic E-state index is 12.2. The van der Waals surface area contributed by atoms with Gasteiger partial charge in [0.05, 0.1) is 12.8 Å². The maximum Gasteiger partial charge on any atom is 0.350 e. The van der Waals surface area contributed by atoms with Crippen molar-refractivity contribution in [2.24, 2.45) is 4.99 Å². The number of aliphatic carboxylic acids is 2. The van der Waals surface area contributed by atoms with E-state index in [0.717, 1.165) is 0 Å². The monoisotopic (exact) mass is 626 g/mol. The lowest BCUT2D eigenvalue weighted by atomic mass is 10.1. The second-order valence-corrected chi connectivity index (χ2v) is 9.92. The van der Waals surface area contributed by atoms with Crippen LogP contribution in [0.3, 0.4) is 0 Å². The average molecular weight is 627 g/mol. The summed E-state index contributed by atoms with van der Waals surface area (Å²) in [7, 11) is 0. The Bertz CT molecular complexity index is 1180. The number of hydrogen-bond donors (Lipinski definition) is 4. The van der Waals surface area contributed by atoms with Gasteiger partial charge in [0.15, 0.2) is 6.23 Å². The van der Waals surface area contributed by atoms with Crippen molar-refractivity contribution in [2.75, 3.05) is 0 Å². The van der Waals surface area contributed by atoms with Gasteiger partial charge in [0.1, 0.15) is 11.8 Å².